The number of hydrogen-bond acceptors (Lipinski definition) is 3. The topological polar surface area (TPSA) is 47.8 Å². The van der Waals surface area contributed by atoms with Crippen LogP contribution in [0, 0.1) is 0 Å². The molecule has 2 aromatic rings. The molecule has 1 aromatic heterocycles. The Hall–Kier alpha value is -1.49. The summed E-state index contributed by atoms with van der Waals surface area (Å²) >= 11 is 3.31. The number of halogens is 1. The molecule has 1 heterocycles. The van der Waals surface area contributed by atoms with E-state index in [0.29, 0.717) is 11.4 Å². The lowest BCUT2D eigenvalue weighted by molar-refractivity contribution is 0.102. The lowest BCUT2D eigenvalue weighted by Crippen LogP contribution is -2.09. The summed E-state index contributed by atoms with van der Waals surface area (Å²) in [4.78, 5) is 15.8. The second-order valence-corrected chi connectivity index (χ2v) is 3.96. The Balaban J connectivity index is 2.37. The fourth-order valence-electron chi connectivity index (χ4n) is 1.23. The van der Waals surface area contributed by atoms with Crippen LogP contribution in [0.3, 0.4) is 0 Å². The van der Waals surface area contributed by atoms with Crippen molar-refractivity contribution in [3.63, 3.8) is 0 Å². The van der Waals surface area contributed by atoms with E-state index in [1.54, 1.807) is 19.2 Å². The molecule has 0 spiro atoms. The summed E-state index contributed by atoms with van der Waals surface area (Å²) in [6.07, 6.45) is 1.37. The molecule has 0 amide bonds. The molecular formula is C10H8BrN3O. The average molecular weight is 266 g/mol. The van der Waals surface area contributed by atoms with Gasteiger partial charge in [0.25, 0.3) is 0 Å². The largest absolute Gasteiger partial charge is 0.285 e. The van der Waals surface area contributed by atoms with Crippen LogP contribution in [-0.2, 0) is 7.05 Å². The Morgan fingerprint density at radius 3 is 2.53 bits per heavy atom. The highest BCUT2D eigenvalue weighted by molar-refractivity contribution is 9.10. The van der Waals surface area contributed by atoms with Gasteiger partial charge in [-0.25, -0.2) is 9.67 Å². The summed E-state index contributed by atoms with van der Waals surface area (Å²) in [6.45, 7) is 0. The van der Waals surface area contributed by atoms with Crippen LogP contribution in [0.25, 0.3) is 0 Å². The fourth-order valence-corrected chi connectivity index (χ4v) is 1.50. The first-order valence-electron chi connectivity index (χ1n) is 4.33. The SMILES string of the molecule is Cn1ncnc1C(=O)c1ccc(Br)cc1. The standard InChI is InChI=1S/C10H8BrN3O/c1-14-10(12-6-13-14)9(15)7-2-4-8(11)5-3-7/h2-6H,1H3. The van der Waals surface area contributed by atoms with E-state index in [0.717, 1.165) is 4.47 Å². The first-order valence-corrected chi connectivity index (χ1v) is 5.12. The number of carbonyl (C=O) groups is 1. The minimum Gasteiger partial charge on any atom is -0.285 e. The van der Waals surface area contributed by atoms with Crippen molar-refractivity contribution >= 4 is 21.7 Å². The maximum atomic E-state index is 11.9. The number of aromatic nitrogens is 3. The van der Waals surface area contributed by atoms with Crippen LogP contribution in [0.5, 0.6) is 0 Å². The normalized spacial score (nSPS) is 10.3. The van der Waals surface area contributed by atoms with E-state index in [2.05, 4.69) is 26.0 Å². The Morgan fingerprint density at radius 2 is 2.00 bits per heavy atom. The summed E-state index contributed by atoms with van der Waals surface area (Å²) in [6, 6.07) is 7.15. The highest BCUT2D eigenvalue weighted by Crippen LogP contribution is 2.12. The summed E-state index contributed by atoms with van der Waals surface area (Å²) in [5.41, 5.74) is 0.606. The zero-order valence-corrected chi connectivity index (χ0v) is 9.60. The highest BCUT2D eigenvalue weighted by Gasteiger charge is 2.13. The van der Waals surface area contributed by atoms with E-state index in [9.17, 15) is 4.79 Å². The second-order valence-electron chi connectivity index (χ2n) is 3.04. The smallest absolute Gasteiger partial charge is 0.229 e. The molecule has 0 atom stereocenters. The van der Waals surface area contributed by atoms with E-state index >= 15 is 0 Å². The summed E-state index contributed by atoms with van der Waals surface area (Å²) < 4.78 is 2.40. The maximum Gasteiger partial charge on any atom is 0.229 e. The minimum atomic E-state index is -0.123. The van der Waals surface area contributed by atoms with E-state index in [1.165, 1.54) is 11.0 Å². The Bertz CT molecular complexity index is 490. The van der Waals surface area contributed by atoms with Crippen LogP contribution < -0.4 is 0 Å². The molecule has 0 saturated heterocycles. The van der Waals surface area contributed by atoms with Crippen molar-refractivity contribution in [2.75, 3.05) is 0 Å². The zero-order valence-electron chi connectivity index (χ0n) is 8.01. The molecule has 15 heavy (non-hydrogen) atoms. The van der Waals surface area contributed by atoms with Crippen molar-refractivity contribution in [3.05, 3.63) is 46.5 Å². The molecule has 5 heteroatoms. The van der Waals surface area contributed by atoms with Crippen molar-refractivity contribution < 1.29 is 4.79 Å². The van der Waals surface area contributed by atoms with Gasteiger partial charge in [0.15, 0.2) is 5.82 Å². The Morgan fingerprint density at radius 1 is 1.33 bits per heavy atom. The number of nitrogens with zero attached hydrogens (tertiary/aromatic N) is 3. The van der Waals surface area contributed by atoms with Gasteiger partial charge in [-0.15, -0.1) is 0 Å². The number of benzene rings is 1. The Labute approximate surface area is 95.1 Å². The predicted molar refractivity (Wildman–Crippen MR) is 58.6 cm³/mol. The van der Waals surface area contributed by atoms with Crippen molar-refractivity contribution in [3.8, 4) is 0 Å². The number of aryl methyl sites for hydroxylation is 1. The molecule has 0 fully saturated rings. The maximum absolute atomic E-state index is 11.9. The molecule has 2 rings (SSSR count). The molecule has 4 nitrogen and oxygen atoms in total. The van der Waals surface area contributed by atoms with E-state index in [-0.39, 0.29) is 5.78 Å². The van der Waals surface area contributed by atoms with Gasteiger partial charge in [0.05, 0.1) is 0 Å². The number of ketones is 1. The third-order valence-electron chi connectivity index (χ3n) is 2.02. The third kappa shape index (κ3) is 1.97. The summed E-state index contributed by atoms with van der Waals surface area (Å²) in [5.74, 6) is 0.222. The van der Waals surface area contributed by atoms with Gasteiger partial charge >= 0.3 is 0 Å². The van der Waals surface area contributed by atoms with Crippen LogP contribution in [0.4, 0.5) is 0 Å². The second kappa shape index (κ2) is 3.94. The Kier molecular flexibility index (Phi) is 2.64. The van der Waals surface area contributed by atoms with Crippen molar-refractivity contribution in [1.29, 1.82) is 0 Å². The van der Waals surface area contributed by atoms with Gasteiger partial charge in [-0.1, -0.05) is 15.9 Å². The molecule has 0 radical (unpaired) electrons. The quantitative estimate of drug-likeness (QED) is 0.779. The van der Waals surface area contributed by atoms with Gasteiger partial charge in [0, 0.05) is 17.1 Å². The van der Waals surface area contributed by atoms with Crippen LogP contribution in [0.1, 0.15) is 16.2 Å². The van der Waals surface area contributed by atoms with Gasteiger partial charge in [0.1, 0.15) is 6.33 Å². The summed E-state index contributed by atoms with van der Waals surface area (Å²) in [5, 5.41) is 3.86. The highest BCUT2D eigenvalue weighted by atomic mass is 79.9. The zero-order chi connectivity index (χ0) is 10.8. The average Bonchev–Trinajstić information content (AvgIpc) is 2.65. The van der Waals surface area contributed by atoms with Crippen LogP contribution in [0.2, 0.25) is 0 Å². The predicted octanol–water partition coefficient (Wildman–Crippen LogP) is 1.81. The third-order valence-corrected chi connectivity index (χ3v) is 2.55. The van der Waals surface area contributed by atoms with Gasteiger partial charge in [-0.2, -0.15) is 5.10 Å². The minimum absolute atomic E-state index is 0.123. The first kappa shape index (κ1) is 10.0. The van der Waals surface area contributed by atoms with Crippen molar-refractivity contribution in [1.82, 2.24) is 14.8 Å². The number of hydrogen-bond donors (Lipinski definition) is 0. The van der Waals surface area contributed by atoms with Gasteiger partial charge in [-0.05, 0) is 24.3 Å². The molecule has 0 saturated carbocycles. The van der Waals surface area contributed by atoms with E-state index in [4.69, 9.17) is 0 Å². The number of rotatable bonds is 2. The van der Waals surface area contributed by atoms with Crippen LogP contribution in [-0.4, -0.2) is 20.5 Å². The lowest BCUT2D eigenvalue weighted by Gasteiger charge is -1.99. The number of carbonyl (C=O) groups excluding carboxylic acids is 1. The van der Waals surface area contributed by atoms with Gasteiger partial charge in [0.2, 0.25) is 5.78 Å². The molecule has 76 valence electrons. The first-order chi connectivity index (χ1) is 7.18. The van der Waals surface area contributed by atoms with E-state index in [1.807, 2.05) is 12.1 Å². The molecule has 0 aliphatic rings. The monoisotopic (exact) mass is 265 g/mol. The molecule has 1 aromatic carbocycles. The molecular weight excluding hydrogens is 258 g/mol. The van der Waals surface area contributed by atoms with E-state index < -0.39 is 0 Å². The van der Waals surface area contributed by atoms with Crippen LogP contribution in [0.15, 0.2) is 35.1 Å². The van der Waals surface area contributed by atoms with Gasteiger partial charge in [-0.3, -0.25) is 4.79 Å². The summed E-state index contributed by atoms with van der Waals surface area (Å²) in [7, 11) is 1.69. The molecule has 0 unspecified atom stereocenters. The van der Waals surface area contributed by atoms with Crippen molar-refractivity contribution in [2.24, 2.45) is 7.05 Å². The van der Waals surface area contributed by atoms with Crippen LogP contribution >= 0.6 is 15.9 Å². The lowest BCUT2D eigenvalue weighted by atomic mass is 10.1. The van der Waals surface area contributed by atoms with Gasteiger partial charge < -0.3 is 0 Å². The molecule has 0 aliphatic carbocycles. The molecule has 0 bridgehead atoms. The molecule has 0 aliphatic heterocycles. The van der Waals surface area contributed by atoms with Crippen molar-refractivity contribution in [2.45, 2.75) is 0 Å². The molecule has 0 N–H and O–H groups in total. The fraction of sp³-hybridized carbons (Fsp3) is 0.100.